The molecule has 0 bridgehead atoms. The summed E-state index contributed by atoms with van der Waals surface area (Å²) in [6.45, 7) is 3.47. The van der Waals surface area contributed by atoms with E-state index < -0.39 is 27.7 Å². The van der Waals surface area contributed by atoms with Gasteiger partial charge in [-0.3, -0.25) is 14.8 Å². The molecule has 3 N–H and O–H groups in total. The molecular weight excluding hydrogens is 497 g/mol. The van der Waals surface area contributed by atoms with Crippen LogP contribution in [0.15, 0.2) is 60.9 Å². The molecule has 0 aliphatic heterocycles. The molecule has 0 amide bonds. The number of H-pyrrole nitrogens is 1. The number of hydrogen-bond acceptors (Lipinski definition) is 7. The van der Waals surface area contributed by atoms with Gasteiger partial charge in [0.15, 0.2) is 5.82 Å². The molecule has 13 heteroatoms. The highest BCUT2D eigenvalue weighted by Crippen LogP contribution is 2.35. The van der Waals surface area contributed by atoms with Gasteiger partial charge < -0.3 is 10.1 Å². The number of aryl methyl sites for hydroxylation is 1. The Morgan fingerprint density at radius 1 is 1.00 bits per heavy atom. The van der Waals surface area contributed by atoms with Crippen LogP contribution >= 0.6 is 0 Å². The largest absolute Gasteiger partial charge is 0.484 e. The van der Waals surface area contributed by atoms with Crippen LogP contribution < -0.4 is 14.8 Å². The Hall–Kier alpha value is -4.13. The van der Waals surface area contributed by atoms with E-state index in [9.17, 15) is 21.6 Å². The summed E-state index contributed by atoms with van der Waals surface area (Å²) in [7, 11) is -4.95. The number of anilines is 3. The van der Waals surface area contributed by atoms with Gasteiger partial charge in [0.05, 0.1) is 29.5 Å². The van der Waals surface area contributed by atoms with Crippen molar-refractivity contribution in [3.8, 4) is 17.0 Å². The Labute approximate surface area is 204 Å². The minimum Gasteiger partial charge on any atom is -0.484 e. The van der Waals surface area contributed by atoms with E-state index in [0.29, 0.717) is 28.5 Å². The van der Waals surface area contributed by atoms with Crippen molar-refractivity contribution in [3.05, 3.63) is 78.0 Å². The summed E-state index contributed by atoms with van der Waals surface area (Å²) in [5.41, 5.74) is 2.23. The predicted octanol–water partition coefficient (Wildman–Crippen LogP) is 5.16. The molecule has 0 fully saturated rings. The normalized spacial score (nSPS) is 12.4. The van der Waals surface area contributed by atoms with Crippen LogP contribution in [0.2, 0.25) is 0 Å². The second kappa shape index (κ2) is 10.2. The number of aromatic amines is 1. The fourth-order valence-corrected chi connectivity index (χ4v) is 3.75. The summed E-state index contributed by atoms with van der Waals surface area (Å²) in [6.07, 6.45) is 2.49. The Morgan fingerprint density at radius 3 is 2.42 bits per heavy atom. The van der Waals surface area contributed by atoms with Crippen molar-refractivity contribution in [3.63, 3.8) is 0 Å². The van der Waals surface area contributed by atoms with Crippen molar-refractivity contribution in [2.75, 3.05) is 10.0 Å². The SMILES string of the molecule is Cc1cnc(Nc2cc(-c3ccc(NS(=O)(=O)C(F)F)c(O[C@@H](C)c4ccc(F)cc4)c3)[nH]n2)cn1. The maximum Gasteiger partial charge on any atom is 0.355 e. The average molecular weight is 519 g/mol. The summed E-state index contributed by atoms with van der Waals surface area (Å²) in [4.78, 5) is 8.35. The third-order valence-corrected chi connectivity index (χ3v) is 6.01. The minimum absolute atomic E-state index is 0.0120. The van der Waals surface area contributed by atoms with Crippen LogP contribution in [0, 0.1) is 12.7 Å². The summed E-state index contributed by atoms with van der Waals surface area (Å²) >= 11 is 0. The van der Waals surface area contributed by atoms with E-state index in [1.54, 1.807) is 25.4 Å². The first-order valence-corrected chi connectivity index (χ1v) is 12.1. The Morgan fingerprint density at radius 2 is 1.75 bits per heavy atom. The van der Waals surface area contributed by atoms with Gasteiger partial charge in [-0.15, -0.1) is 0 Å². The highest BCUT2D eigenvalue weighted by molar-refractivity contribution is 7.93. The maximum absolute atomic E-state index is 13.3. The molecule has 2 aromatic carbocycles. The molecule has 2 aromatic heterocycles. The van der Waals surface area contributed by atoms with E-state index in [0.717, 1.165) is 5.69 Å². The molecular formula is C23H21F3N6O3S. The van der Waals surface area contributed by atoms with E-state index in [1.165, 1.54) is 42.5 Å². The van der Waals surface area contributed by atoms with Crippen LogP contribution in [0.3, 0.4) is 0 Å². The first-order valence-electron chi connectivity index (χ1n) is 10.6. The Bertz CT molecular complexity index is 1440. The number of aromatic nitrogens is 4. The number of nitrogens with zero attached hydrogens (tertiary/aromatic N) is 3. The number of alkyl halides is 2. The number of rotatable bonds is 9. The standard InChI is InChI=1S/C23H21F3N6O3S/c1-13-11-28-22(12-27-13)29-21-10-19(30-31-21)16-5-8-18(32-36(33,34)23(25)26)20(9-16)35-14(2)15-3-6-17(24)7-4-15/h3-12,14,23,32H,1-2H3,(H2,28,29,30,31)/t14-/m0/s1. The van der Waals surface area contributed by atoms with Gasteiger partial charge in [0.1, 0.15) is 23.5 Å². The van der Waals surface area contributed by atoms with Gasteiger partial charge in [0, 0.05) is 11.6 Å². The van der Waals surface area contributed by atoms with Crippen molar-refractivity contribution in [1.29, 1.82) is 0 Å². The third-order valence-electron chi connectivity index (χ3n) is 5.04. The van der Waals surface area contributed by atoms with Gasteiger partial charge in [-0.05, 0) is 43.7 Å². The molecule has 0 aliphatic rings. The quantitative estimate of drug-likeness (QED) is 0.280. The number of sulfonamides is 1. The third kappa shape index (κ3) is 5.92. The van der Waals surface area contributed by atoms with E-state index in [1.807, 2.05) is 11.6 Å². The second-order valence-corrected chi connectivity index (χ2v) is 9.42. The van der Waals surface area contributed by atoms with Gasteiger partial charge >= 0.3 is 5.76 Å². The molecule has 0 saturated heterocycles. The zero-order valence-electron chi connectivity index (χ0n) is 19.0. The number of benzene rings is 2. The van der Waals surface area contributed by atoms with Gasteiger partial charge in [-0.1, -0.05) is 18.2 Å². The first-order chi connectivity index (χ1) is 17.1. The molecule has 2 heterocycles. The van der Waals surface area contributed by atoms with Gasteiger partial charge in [0.25, 0.3) is 10.0 Å². The van der Waals surface area contributed by atoms with Crippen LogP contribution in [0.25, 0.3) is 11.3 Å². The van der Waals surface area contributed by atoms with Gasteiger partial charge in [-0.25, -0.2) is 17.8 Å². The monoisotopic (exact) mass is 518 g/mol. The summed E-state index contributed by atoms with van der Waals surface area (Å²) in [5, 5.41) is 10.0. The number of ether oxygens (including phenoxy) is 1. The molecule has 1 atom stereocenters. The molecule has 0 aliphatic carbocycles. The lowest BCUT2D eigenvalue weighted by Crippen LogP contribution is -2.21. The van der Waals surface area contributed by atoms with Crippen molar-refractivity contribution in [1.82, 2.24) is 20.2 Å². The lowest BCUT2D eigenvalue weighted by molar-refractivity contribution is 0.228. The van der Waals surface area contributed by atoms with Crippen molar-refractivity contribution in [2.45, 2.75) is 25.7 Å². The Kier molecular flexibility index (Phi) is 7.10. The molecule has 9 nitrogen and oxygen atoms in total. The van der Waals surface area contributed by atoms with Crippen LogP contribution in [0.5, 0.6) is 5.75 Å². The first kappa shape index (κ1) is 25.0. The smallest absolute Gasteiger partial charge is 0.355 e. The van der Waals surface area contributed by atoms with Crippen LogP contribution in [0.4, 0.5) is 30.5 Å². The molecule has 36 heavy (non-hydrogen) atoms. The van der Waals surface area contributed by atoms with Crippen molar-refractivity contribution >= 4 is 27.3 Å². The van der Waals surface area contributed by atoms with Crippen LogP contribution in [-0.4, -0.2) is 34.3 Å². The zero-order chi connectivity index (χ0) is 25.9. The predicted molar refractivity (Wildman–Crippen MR) is 128 cm³/mol. The molecule has 0 unspecified atom stereocenters. The highest BCUT2D eigenvalue weighted by atomic mass is 32.2. The van der Waals surface area contributed by atoms with Crippen LogP contribution in [-0.2, 0) is 10.0 Å². The molecule has 188 valence electrons. The molecule has 4 aromatic rings. The summed E-state index contributed by atoms with van der Waals surface area (Å²) in [5.74, 6) is -3.16. The van der Waals surface area contributed by atoms with E-state index in [4.69, 9.17) is 4.74 Å². The Balaban J connectivity index is 1.64. The molecule has 0 spiro atoms. The van der Waals surface area contributed by atoms with Gasteiger partial charge in [0.2, 0.25) is 0 Å². The minimum atomic E-state index is -4.95. The van der Waals surface area contributed by atoms with E-state index in [-0.39, 0.29) is 11.4 Å². The molecule has 4 rings (SSSR count). The van der Waals surface area contributed by atoms with E-state index in [2.05, 4.69) is 25.5 Å². The van der Waals surface area contributed by atoms with Crippen molar-refractivity contribution in [2.24, 2.45) is 0 Å². The average Bonchev–Trinajstić information content (AvgIpc) is 3.30. The fraction of sp³-hybridized carbons (Fsp3) is 0.174. The number of hydrogen-bond donors (Lipinski definition) is 3. The van der Waals surface area contributed by atoms with Crippen LogP contribution in [0.1, 0.15) is 24.3 Å². The zero-order valence-corrected chi connectivity index (χ0v) is 19.9. The summed E-state index contributed by atoms with van der Waals surface area (Å²) < 4.78 is 70.6. The number of nitrogens with one attached hydrogen (secondary N) is 3. The summed E-state index contributed by atoms with van der Waals surface area (Å²) in [6, 6.07) is 11.5. The molecule has 0 saturated carbocycles. The topological polar surface area (TPSA) is 122 Å². The highest BCUT2D eigenvalue weighted by Gasteiger charge is 2.26. The maximum atomic E-state index is 13.3. The fourth-order valence-electron chi connectivity index (χ4n) is 3.18. The lowest BCUT2D eigenvalue weighted by Gasteiger charge is -2.19. The van der Waals surface area contributed by atoms with E-state index >= 15 is 0 Å². The lowest BCUT2D eigenvalue weighted by atomic mass is 10.1. The molecule has 0 radical (unpaired) electrons. The number of halogens is 3. The van der Waals surface area contributed by atoms with Crippen molar-refractivity contribution < 1.29 is 26.3 Å². The van der Waals surface area contributed by atoms with Gasteiger partial charge in [-0.2, -0.15) is 13.9 Å². The second-order valence-electron chi connectivity index (χ2n) is 7.77.